The highest BCUT2D eigenvalue weighted by Crippen LogP contribution is 2.25. The highest BCUT2D eigenvalue weighted by Gasteiger charge is 2.03. The van der Waals surface area contributed by atoms with E-state index in [0.717, 1.165) is 31.9 Å². The van der Waals surface area contributed by atoms with E-state index in [4.69, 9.17) is 26.4 Å². The highest BCUT2D eigenvalue weighted by molar-refractivity contribution is 7.80. The summed E-state index contributed by atoms with van der Waals surface area (Å²) in [5.74, 6) is 1.43. The van der Waals surface area contributed by atoms with Crippen molar-refractivity contribution < 1.29 is 14.2 Å². The maximum Gasteiger partial charge on any atom is 0.170 e. The zero-order chi connectivity index (χ0) is 14.8. The van der Waals surface area contributed by atoms with Gasteiger partial charge < -0.3 is 24.8 Å². The van der Waals surface area contributed by atoms with Gasteiger partial charge in [0.05, 0.1) is 14.2 Å². The first-order chi connectivity index (χ1) is 9.69. The Labute approximate surface area is 125 Å². The molecular formula is C14H22N2O3S. The topological polar surface area (TPSA) is 51.8 Å². The fourth-order valence-electron chi connectivity index (χ4n) is 1.58. The van der Waals surface area contributed by atoms with Crippen LogP contribution in [0.3, 0.4) is 0 Å². The molecule has 0 aliphatic rings. The van der Waals surface area contributed by atoms with Crippen LogP contribution in [0.2, 0.25) is 0 Å². The van der Waals surface area contributed by atoms with Gasteiger partial charge in [-0.1, -0.05) is 0 Å². The normalized spacial score (nSPS) is 9.95. The van der Waals surface area contributed by atoms with Gasteiger partial charge in [0.25, 0.3) is 0 Å². The summed E-state index contributed by atoms with van der Waals surface area (Å²) in [6.07, 6.45) is 0.914. The minimum atomic E-state index is 0.566. The van der Waals surface area contributed by atoms with Crippen molar-refractivity contribution in [1.29, 1.82) is 0 Å². The Morgan fingerprint density at radius 1 is 1.15 bits per heavy atom. The van der Waals surface area contributed by atoms with Crippen LogP contribution in [0.1, 0.15) is 13.3 Å². The molecule has 0 fully saturated rings. The van der Waals surface area contributed by atoms with Gasteiger partial charge in [-0.2, -0.15) is 0 Å². The number of thiocarbonyl (C=S) groups is 1. The van der Waals surface area contributed by atoms with Crippen LogP contribution in [0.25, 0.3) is 0 Å². The summed E-state index contributed by atoms with van der Waals surface area (Å²) < 4.78 is 15.7. The minimum Gasteiger partial charge on any atom is -0.497 e. The summed E-state index contributed by atoms with van der Waals surface area (Å²) in [6.45, 7) is 4.23. The van der Waals surface area contributed by atoms with Gasteiger partial charge in [0.2, 0.25) is 0 Å². The van der Waals surface area contributed by atoms with Crippen LogP contribution in [0.4, 0.5) is 5.69 Å². The molecule has 0 aromatic heterocycles. The van der Waals surface area contributed by atoms with Crippen LogP contribution in [0.5, 0.6) is 11.5 Å². The third-order valence-corrected chi connectivity index (χ3v) is 2.81. The highest BCUT2D eigenvalue weighted by atomic mass is 32.1. The lowest BCUT2D eigenvalue weighted by Crippen LogP contribution is -2.29. The van der Waals surface area contributed by atoms with Gasteiger partial charge in [-0.15, -0.1) is 0 Å². The van der Waals surface area contributed by atoms with Crippen LogP contribution in [0.15, 0.2) is 18.2 Å². The van der Waals surface area contributed by atoms with Crippen molar-refractivity contribution >= 4 is 23.0 Å². The van der Waals surface area contributed by atoms with Crippen molar-refractivity contribution in [3.8, 4) is 11.5 Å². The van der Waals surface area contributed by atoms with Crippen LogP contribution in [-0.4, -0.2) is 39.1 Å². The lowest BCUT2D eigenvalue weighted by molar-refractivity contribution is 0.146. The van der Waals surface area contributed by atoms with E-state index < -0.39 is 0 Å². The van der Waals surface area contributed by atoms with Crippen LogP contribution >= 0.6 is 12.2 Å². The van der Waals surface area contributed by atoms with Crippen LogP contribution in [0, 0.1) is 0 Å². The molecule has 0 atom stereocenters. The monoisotopic (exact) mass is 298 g/mol. The fraction of sp³-hybridized carbons (Fsp3) is 0.500. The van der Waals surface area contributed by atoms with Gasteiger partial charge in [0, 0.05) is 43.6 Å². The lowest BCUT2D eigenvalue weighted by Gasteiger charge is -2.12. The summed E-state index contributed by atoms with van der Waals surface area (Å²) in [7, 11) is 3.23. The lowest BCUT2D eigenvalue weighted by atomic mass is 10.3. The number of anilines is 1. The van der Waals surface area contributed by atoms with Gasteiger partial charge in [-0.3, -0.25) is 0 Å². The molecule has 1 aromatic rings. The number of ether oxygens (including phenoxy) is 3. The summed E-state index contributed by atoms with van der Waals surface area (Å²) >= 11 is 5.23. The van der Waals surface area contributed by atoms with E-state index in [1.165, 1.54) is 0 Å². The van der Waals surface area contributed by atoms with E-state index in [9.17, 15) is 0 Å². The van der Waals surface area contributed by atoms with Crippen molar-refractivity contribution in [1.82, 2.24) is 5.32 Å². The first-order valence-electron chi connectivity index (χ1n) is 6.55. The Morgan fingerprint density at radius 3 is 2.35 bits per heavy atom. The van der Waals surface area contributed by atoms with Gasteiger partial charge in [-0.05, 0) is 25.6 Å². The fourth-order valence-corrected chi connectivity index (χ4v) is 1.80. The van der Waals surface area contributed by atoms with E-state index in [2.05, 4.69) is 10.6 Å². The van der Waals surface area contributed by atoms with E-state index in [1.807, 2.05) is 25.1 Å². The Balaban J connectivity index is 2.44. The largest absolute Gasteiger partial charge is 0.497 e. The predicted octanol–water partition coefficient (Wildman–Crippen LogP) is 2.42. The van der Waals surface area contributed by atoms with Gasteiger partial charge in [0.1, 0.15) is 11.5 Å². The Hall–Kier alpha value is -1.53. The second-order valence-corrected chi connectivity index (χ2v) is 4.44. The Bertz CT molecular complexity index is 405. The van der Waals surface area contributed by atoms with Gasteiger partial charge in [0.15, 0.2) is 5.11 Å². The standard InChI is InChI=1S/C14H22N2O3S/c1-4-19-7-5-6-15-14(20)16-11-8-12(17-2)10-13(9-11)18-3/h8-10H,4-7H2,1-3H3,(H2,15,16,20). The first kappa shape index (κ1) is 16.5. The van der Waals surface area contributed by atoms with Crippen molar-refractivity contribution in [2.45, 2.75) is 13.3 Å². The average molecular weight is 298 g/mol. The minimum absolute atomic E-state index is 0.566. The second-order valence-electron chi connectivity index (χ2n) is 4.03. The van der Waals surface area contributed by atoms with Crippen molar-refractivity contribution in [3.63, 3.8) is 0 Å². The molecule has 5 nitrogen and oxygen atoms in total. The molecule has 0 amide bonds. The van der Waals surface area contributed by atoms with Crippen molar-refractivity contribution in [3.05, 3.63) is 18.2 Å². The van der Waals surface area contributed by atoms with E-state index in [-0.39, 0.29) is 0 Å². The maximum atomic E-state index is 5.26. The van der Waals surface area contributed by atoms with Gasteiger partial charge >= 0.3 is 0 Å². The quantitative estimate of drug-likeness (QED) is 0.568. The molecule has 0 saturated heterocycles. The molecule has 0 aliphatic carbocycles. The molecule has 1 aromatic carbocycles. The molecule has 112 valence electrons. The van der Waals surface area contributed by atoms with E-state index in [1.54, 1.807) is 14.2 Å². The number of hydrogen-bond donors (Lipinski definition) is 2. The molecule has 20 heavy (non-hydrogen) atoms. The molecule has 0 unspecified atom stereocenters. The number of hydrogen-bond acceptors (Lipinski definition) is 4. The molecule has 1 rings (SSSR count). The first-order valence-corrected chi connectivity index (χ1v) is 6.96. The van der Waals surface area contributed by atoms with Crippen molar-refractivity contribution in [2.24, 2.45) is 0 Å². The molecule has 6 heteroatoms. The number of rotatable bonds is 8. The maximum absolute atomic E-state index is 5.26. The summed E-state index contributed by atoms with van der Waals surface area (Å²) in [5, 5.41) is 6.79. The molecule has 0 bridgehead atoms. The summed E-state index contributed by atoms with van der Waals surface area (Å²) in [4.78, 5) is 0. The third kappa shape index (κ3) is 6.08. The number of methoxy groups -OCH3 is 2. The predicted molar refractivity (Wildman–Crippen MR) is 84.9 cm³/mol. The smallest absolute Gasteiger partial charge is 0.170 e. The number of nitrogens with one attached hydrogen (secondary N) is 2. The van der Waals surface area contributed by atoms with Gasteiger partial charge in [-0.25, -0.2) is 0 Å². The van der Waals surface area contributed by atoms with E-state index in [0.29, 0.717) is 16.6 Å². The third-order valence-electron chi connectivity index (χ3n) is 2.56. The SMILES string of the molecule is CCOCCCNC(=S)Nc1cc(OC)cc(OC)c1. The summed E-state index contributed by atoms with van der Waals surface area (Å²) in [5.41, 5.74) is 0.823. The zero-order valence-corrected chi connectivity index (χ0v) is 13.0. The van der Waals surface area contributed by atoms with Crippen molar-refractivity contribution in [2.75, 3.05) is 39.3 Å². The molecule has 0 heterocycles. The molecule has 0 aliphatic heterocycles. The second kappa shape index (κ2) is 9.39. The van der Waals surface area contributed by atoms with E-state index >= 15 is 0 Å². The Kier molecular flexibility index (Phi) is 7.75. The molecule has 2 N–H and O–H groups in total. The number of benzene rings is 1. The molecule has 0 spiro atoms. The molecular weight excluding hydrogens is 276 g/mol. The zero-order valence-electron chi connectivity index (χ0n) is 12.2. The van der Waals surface area contributed by atoms with Crippen LogP contribution in [-0.2, 0) is 4.74 Å². The van der Waals surface area contributed by atoms with Crippen LogP contribution < -0.4 is 20.1 Å². The molecule has 0 radical (unpaired) electrons. The Morgan fingerprint density at radius 2 is 1.80 bits per heavy atom. The average Bonchev–Trinajstić information content (AvgIpc) is 2.46. The summed E-state index contributed by atoms with van der Waals surface area (Å²) in [6, 6.07) is 5.52. The molecule has 0 saturated carbocycles.